The molecule has 0 atom stereocenters. The van der Waals surface area contributed by atoms with Crippen molar-refractivity contribution in [3.8, 4) is 17.5 Å². The van der Waals surface area contributed by atoms with Gasteiger partial charge >= 0.3 is 0 Å². The van der Waals surface area contributed by atoms with Crippen LogP contribution < -0.4 is 5.32 Å². The molecule has 1 aromatic heterocycles. The van der Waals surface area contributed by atoms with Crippen molar-refractivity contribution in [2.24, 2.45) is 0 Å². The Balaban J connectivity index is 1.82. The lowest BCUT2D eigenvalue weighted by atomic mass is 10.1. The summed E-state index contributed by atoms with van der Waals surface area (Å²) in [7, 11) is 0. The monoisotopic (exact) mass is 288 g/mol. The Bertz CT molecular complexity index is 847. The molecule has 0 aliphatic carbocycles. The lowest BCUT2D eigenvalue weighted by molar-refractivity contribution is 0.102. The van der Waals surface area contributed by atoms with Gasteiger partial charge in [-0.05, 0) is 30.3 Å². The molecular formula is C17H12N4O. The number of nitrogens with one attached hydrogen (secondary N) is 2. The molecule has 2 N–H and O–H groups in total. The quantitative estimate of drug-likeness (QED) is 0.776. The lowest BCUT2D eigenvalue weighted by Gasteiger charge is -2.07. The van der Waals surface area contributed by atoms with Gasteiger partial charge in [0, 0.05) is 29.2 Å². The number of H-pyrrole nitrogens is 1. The predicted molar refractivity (Wildman–Crippen MR) is 83.1 cm³/mol. The van der Waals surface area contributed by atoms with Crippen molar-refractivity contribution in [3.63, 3.8) is 0 Å². The lowest BCUT2D eigenvalue weighted by Crippen LogP contribution is -2.12. The van der Waals surface area contributed by atoms with E-state index in [2.05, 4.69) is 15.3 Å². The van der Waals surface area contributed by atoms with Crippen LogP contribution in [0.15, 0.2) is 60.9 Å². The van der Waals surface area contributed by atoms with E-state index in [9.17, 15) is 4.79 Å². The van der Waals surface area contributed by atoms with Crippen LogP contribution in [0.5, 0.6) is 0 Å². The van der Waals surface area contributed by atoms with Crippen molar-refractivity contribution < 1.29 is 4.79 Å². The van der Waals surface area contributed by atoms with Gasteiger partial charge in [-0.2, -0.15) is 5.26 Å². The fourth-order valence-electron chi connectivity index (χ4n) is 2.10. The zero-order valence-electron chi connectivity index (χ0n) is 11.6. The summed E-state index contributed by atoms with van der Waals surface area (Å²) < 4.78 is 0. The number of aromatic nitrogens is 2. The second-order valence-corrected chi connectivity index (χ2v) is 4.67. The average Bonchev–Trinajstić information content (AvgIpc) is 3.10. The summed E-state index contributed by atoms with van der Waals surface area (Å²) in [6.45, 7) is 0. The number of nitrogens with zero attached hydrogens (tertiary/aromatic N) is 2. The second-order valence-electron chi connectivity index (χ2n) is 4.67. The molecule has 0 spiro atoms. The van der Waals surface area contributed by atoms with Crippen LogP contribution in [0.2, 0.25) is 0 Å². The van der Waals surface area contributed by atoms with Gasteiger partial charge in [0.2, 0.25) is 0 Å². The number of anilines is 1. The Kier molecular flexibility index (Phi) is 3.67. The summed E-state index contributed by atoms with van der Waals surface area (Å²) in [5.41, 5.74) is 2.45. The smallest absolute Gasteiger partial charge is 0.255 e. The predicted octanol–water partition coefficient (Wildman–Crippen LogP) is 3.20. The van der Waals surface area contributed by atoms with Crippen LogP contribution in [-0.2, 0) is 0 Å². The summed E-state index contributed by atoms with van der Waals surface area (Å²) in [5.74, 6) is 0.483. The van der Waals surface area contributed by atoms with Gasteiger partial charge in [-0.25, -0.2) is 4.98 Å². The van der Waals surface area contributed by atoms with Crippen molar-refractivity contribution in [2.75, 3.05) is 5.32 Å². The number of hydrogen-bond acceptors (Lipinski definition) is 3. The number of benzene rings is 2. The van der Waals surface area contributed by atoms with E-state index in [0.29, 0.717) is 16.8 Å². The van der Waals surface area contributed by atoms with Crippen LogP contribution >= 0.6 is 0 Å². The van der Waals surface area contributed by atoms with Gasteiger partial charge in [0.1, 0.15) is 5.82 Å². The minimum absolute atomic E-state index is 0.256. The number of carbonyl (C=O) groups excluding carboxylic acids is 1. The zero-order valence-corrected chi connectivity index (χ0v) is 11.6. The molecule has 0 radical (unpaired) electrons. The largest absolute Gasteiger partial charge is 0.345 e. The third-order valence-corrected chi connectivity index (χ3v) is 3.15. The Morgan fingerprint density at radius 1 is 1.18 bits per heavy atom. The second kappa shape index (κ2) is 5.94. The highest BCUT2D eigenvalue weighted by atomic mass is 16.1. The average molecular weight is 288 g/mol. The first-order valence-corrected chi connectivity index (χ1v) is 6.67. The summed E-state index contributed by atoms with van der Waals surface area (Å²) in [6, 6.07) is 16.0. The fourth-order valence-corrected chi connectivity index (χ4v) is 2.10. The van der Waals surface area contributed by atoms with Gasteiger partial charge in [0.05, 0.1) is 11.6 Å². The fraction of sp³-hybridized carbons (Fsp3) is 0. The first-order chi connectivity index (χ1) is 10.8. The van der Waals surface area contributed by atoms with Crippen LogP contribution in [0.1, 0.15) is 15.9 Å². The Labute approximate surface area is 127 Å². The molecule has 3 aromatic rings. The number of imidazole rings is 1. The molecule has 0 fully saturated rings. The Morgan fingerprint density at radius 2 is 2.05 bits per heavy atom. The first kappa shape index (κ1) is 13.6. The normalized spacial score (nSPS) is 9.95. The van der Waals surface area contributed by atoms with E-state index in [1.54, 1.807) is 42.7 Å². The van der Waals surface area contributed by atoms with E-state index in [0.717, 1.165) is 11.4 Å². The maximum atomic E-state index is 12.2. The van der Waals surface area contributed by atoms with Crippen molar-refractivity contribution in [3.05, 3.63) is 72.1 Å². The van der Waals surface area contributed by atoms with Crippen LogP contribution in [0, 0.1) is 11.3 Å². The molecule has 0 aliphatic heterocycles. The molecule has 0 unspecified atom stereocenters. The number of nitriles is 1. The van der Waals surface area contributed by atoms with Crippen LogP contribution in [0.25, 0.3) is 11.4 Å². The SMILES string of the molecule is N#Cc1cccc(C(=O)Nc2cccc(-c3ncc[nH]3)c2)c1. The van der Waals surface area contributed by atoms with Gasteiger partial charge < -0.3 is 10.3 Å². The molecule has 5 nitrogen and oxygen atoms in total. The summed E-state index contributed by atoms with van der Waals surface area (Å²) >= 11 is 0. The molecule has 0 saturated carbocycles. The van der Waals surface area contributed by atoms with Crippen molar-refractivity contribution in [1.29, 1.82) is 5.26 Å². The minimum atomic E-state index is -0.256. The maximum Gasteiger partial charge on any atom is 0.255 e. The van der Waals surface area contributed by atoms with Crippen LogP contribution in [0.3, 0.4) is 0 Å². The standard InChI is InChI=1S/C17H12N4O/c18-11-12-3-1-5-14(9-12)17(22)21-15-6-2-4-13(10-15)16-19-7-8-20-16/h1-10H,(H,19,20)(H,21,22). The summed E-state index contributed by atoms with van der Waals surface area (Å²) in [5, 5.41) is 11.7. The van der Waals surface area contributed by atoms with Gasteiger partial charge in [0.25, 0.3) is 5.91 Å². The van der Waals surface area contributed by atoms with Gasteiger partial charge in [-0.3, -0.25) is 4.79 Å². The summed E-state index contributed by atoms with van der Waals surface area (Å²) in [4.78, 5) is 19.4. The first-order valence-electron chi connectivity index (χ1n) is 6.67. The number of rotatable bonds is 3. The minimum Gasteiger partial charge on any atom is -0.345 e. The number of amides is 1. The van der Waals surface area contributed by atoms with E-state index in [1.807, 2.05) is 24.3 Å². The van der Waals surface area contributed by atoms with Crippen LogP contribution in [0.4, 0.5) is 5.69 Å². The molecule has 0 saturated heterocycles. The molecule has 0 bridgehead atoms. The highest BCUT2D eigenvalue weighted by molar-refractivity contribution is 6.04. The molecule has 2 aromatic carbocycles. The van der Waals surface area contributed by atoms with Gasteiger partial charge in [-0.15, -0.1) is 0 Å². The molecule has 1 heterocycles. The molecule has 3 rings (SSSR count). The van der Waals surface area contributed by atoms with E-state index >= 15 is 0 Å². The number of hydrogen-bond donors (Lipinski definition) is 2. The Hall–Kier alpha value is -3.39. The highest BCUT2D eigenvalue weighted by Gasteiger charge is 2.08. The summed E-state index contributed by atoms with van der Waals surface area (Å²) in [6.07, 6.45) is 3.42. The van der Waals surface area contributed by atoms with E-state index in [-0.39, 0.29) is 5.91 Å². The molecule has 22 heavy (non-hydrogen) atoms. The van der Waals surface area contributed by atoms with Crippen molar-refractivity contribution in [1.82, 2.24) is 9.97 Å². The molecule has 1 amide bonds. The Morgan fingerprint density at radius 3 is 2.82 bits per heavy atom. The van der Waals surface area contributed by atoms with E-state index < -0.39 is 0 Å². The van der Waals surface area contributed by atoms with E-state index in [4.69, 9.17) is 5.26 Å². The van der Waals surface area contributed by atoms with Crippen molar-refractivity contribution in [2.45, 2.75) is 0 Å². The molecule has 106 valence electrons. The van der Waals surface area contributed by atoms with E-state index in [1.165, 1.54) is 0 Å². The highest BCUT2D eigenvalue weighted by Crippen LogP contribution is 2.19. The maximum absolute atomic E-state index is 12.2. The van der Waals surface area contributed by atoms with Gasteiger partial charge in [-0.1, -0.05) is 18.2 Å². The number of carbonyl (C=O) groups is 1. The topological polar surface area (TPSA) is 81.6 Å². The van der Waals surface area contributed by atoms with Gasteiger partial charge in [0.15, 0.2) is 0 Å². The molecule has 5 heteroatoms. The van der Waals surface area contributed by atoms with Crippen LogP contribution in [-0.4, -0.2) is 15.9 Å². The van der Waals surface area contributed by atoms with Crippen molar-refractivity contribution >= 4 is 11.6 Å². The molecule has 0 aliphatic rings. The third-order valence-electron chi connectivity index (χ3n) is 3.15. The molecular weight excluding hydrogens is 276 g/mol. The zero-order chi connectivity index (χ0) is 15.4. The third kappa shape index (κ3) is 2.86. The number of aromatic amines is 1.